The zero-order valence-corrected chi connectivity index (χ0v) is 18.5. The third-order valence-corrected chi connectivity index (χ3v) is 7.07. The second-order valence-corrected chi connectivity index (χ2v) is 9.10. The van der Waals surface area contributed by atoms with E-state index in [0.29, 0.717) is 0 Å². The summed E-state index contributed by atoms with van der Waals surface area (Å²) in [5.74, 6) is 1.39. The first kappa shape index (κ1) is 19.8. The largest absolute Gasteiger partial charge is 0.454 e. The van der Waals surface area contributed by atoms with Gasteiger partial charge >= 0.3 is 0 Å². The fourth-order valence-corrected chi connectivity index (χ4v) is 5.25. The van der Waals surface area contributed by atoms with Crippen LogP contribution in [0.4, 0.5) is 10.7 Å². The Bertz CT molecular complexity index is 1200. The molecule has 1 aliphatic heterocycles. The molecule has 5 rings (SSSR count). The molecule has 1 aromatic heterocycles. The van der Waals surface area contributed by atoms with E-state index in [1.54, 1.807) is 17.6 Å². The Morgan fingerprint density at radius 3 is 2.74 bits per heavy atom. The first-order chi connectivity index (χ1) is 15.1. The molecule has 2 aromatic carbocycles. The number of benzene rings is 2. The molecule has 1 amide bonds. The monoisotopic (exact) mass is 432 g/mol. The number of aliphatic imine (C=N–C) groups is 1. The van der Waals surface area contributed by atoms with Crippen molar-refractivity contribution in [3.63, 3.8) is 0 Å². The maximum absolute atomic E-state index is 13.3. The number of nitrogens with one attached hydrogen (secondary N) is 1. The number of hydrogen-bond donors (Lipinski definition) is 1. The quantitative estimate of drug-likeness (QED) is 0.516. The molecular formula is C25H24N2O3S. The first-order valence-electron chi connectivity index (χ1n) is 10.6. The van der Waals surface area contributed by atoms with Gasteiger partial charge in [0, 0.05) is 16.8 Å². The van der Waals surface area contributed by atoms with E-state index >= 15 is 0 Å². The van der Waals surface area contributed by atoms with Gasteiger partial charge in [0.1, 0.15) is 5.00 Å². The smallest absolute Gasteiger partial charge is 0.259 e. The van der Waals surface area contributed by atoms with E-state index in [2.05, 4.69) is 19.2 Å². The molecule has 0 saturated heterocycles. The van der Waals surface area contributed by atoms with Crippen molar-refractivity contribution < 1.29 is 14.3 Å². The number of rotatable bonds is 4. The van der Waals surface area contributed by atoms with Crippen LogP contribution in [0.2, 0.25) is 0 Å². The Morgan fingerprint density at radius 1 is 1.03 bits per heavy atom. The number of carbonyl (C=O) groups is 1. The van der Waals surface area contributed by atoms with Crippen LogP contribution in [0.3, 0.4) is 0 Å². The number of carbonyl (C=O) groups excluding carboxylic acids is 1. The molecule has 1 N–H and O–H groups in total. The van der Waals surface area contributed by atoms with Gasteiger partial charge in [-0.1, -0.05) is 6.07 Å². The molecule has 0 spiro atoms. The second-order valence-electron chi connectivity index (χ2n) is 8.02. The van der Waals surface area contributed by atoms with Crippen molar-refractivity contribution in [2.24, 2.45) is 4.99 Å². The third-order valence-electron chi connectivity index (χ3n) is 5.87. The van der Waals surface area contributed by atoms with Gasteiger partial charge in [-0.15, -0.1) is 11.3 Å². The van der Waals surface area contributed by atoms with Crippen molar-refractivity contribution in [2.75, 3.05) is 12.1 Å². The molecular weight excluding hydrogens is 408 g/mol. The van der Waals surface area contributed by atoms with Crippen molar-refractivity contribution in [1.82, 2.24) is 0 Å². The summed E-state index contributed by atoms with van der Waals surface area (Å²) in [5, 5.41) is 3.86. The molecule has 158 valence electrons. The molecule has 6 heteroatoms. The Balaban J connectivity index is 1.47. The number of hydrogen-bond acceptors (Lipinski definition) is 5. The van der Waals surface area contributed by atoms with Crippen LogP contribution >= 0.6 is 11.3 Å². The van der Waals surface area contributed by atoms with Gasteiger partial charge < -0.3 is 14.8 Å². The van der Waals surface area contributed by atoms with Crippen molar-refractivity contribution in [3.8, 4) is 11.5 Å². The minimum Gasteiger partial charge on any atom is -0.454 e. The van der Waals surface area contributed by atoms with Crippen LogP contribution in [0.5, 0.6) is 11.5 Å². The molecule has 0 radical (unpaired) electrons. The number of ether oxygens (including phenoxy) is 2. The molecule has 0 atom stereocenters. The van der Waals surface area contributed by atoms with Gasteiger partial charge in [-0.25, -0.2) is 4.99 Å². The molecule has 2 aliphatic rings. The summed E-state index contributed by atoms with van der Waals surface area (Å²) in [7, 11) is 0. The maximum Gasteiger partial charge on any atom is 0.259 e. The summed E-state index contributed by atoms with van der Waals surface area (Å²) in [6, 6.07) is 11.7. The highest BCUT2D eigenvalue weighted by Crippen LogP contribution is 2.40. The van der Waals surface area contributed by atoms with E-state index in [9.17, 15) is 4.79 Å². The number of aryl methyl sites for hydroxylation is 3. The van der Waals surface area contributed by atoms with E-state index in [-0.39, 0.29) is 12.7 Å². The lowest BCUT2D eigenvalue weighted by Crippen LogP contribution is -2.15. The van der Waals surface area contributed by atoms with Gasteiger partial charge in [-0.05, 0) is 92.1 Å². The minimum atomic E-state index is -0.0829. The highest BCUT2D eigenvalue weighted by Gasteiger charge is 2.25. The lowest BCUT2D eigenvalue weighted by atomic mass is 9.95. The van der Waals surface area contributed by atoms with Gasteiger partial charge in [-0.2, -0.15) is 0 Å². The average Bonchev–Trinajstić information content (AvgIpc) is 3.38. The molecule has 3 aromatic rings. The number of fused-ring (bicyclic) bond motifs is 2. The Labute approximate surface area is 185 Å². The predicted octanol–water partition coefficient (Wildman–Crippen LogP) is 5.98. The molecule has 2 heterocycles. The molecule has 31 heavy (non-hydrogen) atoms. The molecule has 0 fully saturated rings. The van der Waals surface area contributed by atoms with Crippen LogP contribution in [0.1, 0.15) is 50.3 Å². The fraction of sp³-hybridized carbons (Fsp3) is 0.280. The topological polar surface area (TPSA) is 59.9 Å². The predicted molar refractivity (Wildman–Crippen MR) is 125 cm³/mol. The van der Waals surface area contributed by atoms with Crippen molar-refractivity contribution in [3.05, 3.63) is 69.1 Å². The van der Waals surface area contributed by atoms with E-state index in [0.717, 1.165) is 70.1 Å². The normalized spacial score (nSPS) is 14.6. The van der Waals surface area contributed by atoms with Crippen LogP contribution in [-0.2, 0) is 12.8 Å². The van der Waals surface area contributed by atoms with Crippen LogP contribution in [0.15, 0.2) is 41.4 Å². The Morgan fingerprint density at radius 2 is 1.87 bits per heavy atom. The van der Waals surface area contributed by atoms with Crippen LogP contribution in [0.25, 0.3) is 0 Å². The van der Waals surface area contributed by atoms with E-state index in [1.165, 1.54) is 10.4 Å². The zero-order valence-electron chi connectivity index (χ0n) is 17.7. The van der Waals surface area contributed by atoms with E-state index < -0.39 is 0 Å². The number of anilines is 1. The number of thiophene rings is 1. The summed E-state index contributed by atoms with van der Waals surface area (Å²) >= 11 is 1.64. The lowest BCUT2D eigenvalue weighted by molar-refractivity contribution is 0.102. The molecule has 0 bridgehead atoms. The van der Waals surface area contributed by atoms with Crippen molar-refractivity contribution in [1.29, 1.82) is 0 Å². The van der Waals surface area contributed by atoms with Gasteiger partial charge in [0.25, 0.3) is 5.91 Å². The standard InChI is InChI=1S/C25H24N2O3S/c1-15-7-9-18(11-16(15)2)27-24(28)23-19-5-3-4-6-22(19)31-25(23)26-13-17-8-10-20-21(12-17)30-14-29-20/h7-13H,3-6,14H2,1-2H3,(H,27,28)/b26-13+. The van der Waals surface area contributed by atoms with Gasteiger partial charge in [0.15, 0.2) is 11.5 Å². The molecule has 5 nitrogen and oxygen atoms in total. The number of amides is 1. The van der Waals surface area contributed by atoms with Crippen LogP contribution < -0.4 is 14.8 Å². The van der Waals surface area contributed by atoms with Gasteiger partial charge in [0.05, 0.1) is 5.56 Å². The zero-order chi connectivity index (χ0) is 21.4. The van der Waals surface area contributed by atoms with E-state index in [1.807, 2.05) is 36.4 Å². The summed E-state index contributed by atoms with van der Waals surface area (Å²) < 4.78 is 10.8. The van der Waals surface area contributed by atoms with Crippen LogP contribution in [0, 0.1) is 13.8 Å². The first-order valence-corrected chi connectivity index (χ1v) is 11.4. The van der Waals surface area contributed by atoms with Gasteiger partial charge in [-0.3, -0.25) is 4.79 Å². The molecule has 1 aliphatic carbocycles. The fourth-order valence-electron chi connectivity index (χ4n) is 4.02. The number of nitrogens with zero attached hydrogens (tertiary/aromatic N) is 1. The summed E-state index contributed by atoms with van der Waals surface area (Å²) in [6.07, 6.45) is 6.02. The second kappa shape index (κ2) is 8.19. The lowest BCUT2D eigenvalue weighted by Gasteiger charge is -2.13. The SMILES string of the molecule is Cc1ccc(NC(=O)c2c(/N=C/c3ccc4c(c3)OCO4)sc3c2CCCC3)cc1C. The van der Waals surface area contributed by atoms with E-state index in [4.69, 9.17) is 14.5 Å². The summed E-state index contributed by atoms with van der Waals surface area (Å²) in [5.41, 5.74) is 5.97. The highest BCUT2D eigenvalue weighted by atomic mass is 32.1. The minimum absolute atomic E-state index is 0.0829. The molecule has 0 unspecified atom stereocenters. The van der Waals surface area contributed by atoms with Crippen LogP contribution in [-0.4, -0.2) is 18.9 Å². The van der Waals surface area contributed by atoms with Gasteiger partial charge in [0.2, 0.25) is 6.79 Å². The van der Waals surface area contributed by atoms with Crippen molar-refractivity contribution >= 4 is 34.1 Å². The highest BCUT2D eigenvalue weighted by molar-refractivity contribution is 7.16. The maximum atomic E-state index is 13.3. The summed E-state index contributed by atoms with van der Waals surface area (Å²) in [4.78, 5) is 19.3. The summed E-state index contributed by atoms with van der Waals surface area (Å²) in [6.45, 7) is 4.37. The average molecular weight is 433 g/mol. The third kappa shape index (κ3) is 3.95. The molecule has 0 saturated carbocycles. The Kier molecular flexibility index (Phi) is 5.24. The van der Waals surface area contributed by atoms with Crippen molar-refractivity contribution in [2.45, 2.75) is 39.5 Å². The Hall–Kier alpha value is -3.12.